The molecule has 0 aromatic heterocycles. The first kappa shape index (κ1) is 30.3. The molecule has 7 nitrogen and oxygen atoms in total. The average Bonchev–Trinajstić information content (AvgIpc) is 3.31. The number of carbonyl (C=O) groups is 1. The van der Waals surface area contributed by atoms with Crippen LogP contribution < -0.4 is 5.32 Å². The molecule has 0 spiro atoms. The van der Waals surface area contributed by atoms with Gasteiger partial charge in [0.1, 0.15) is 24.1 Å². The van der Waals surface area contributed by atoms with Gasteiger partial charge in [-0.3, -0.25) is 4.79 Å². The van der Waals surface area contributed by atoms with Crippen LogP contribution in [0.1, 0.15) is 89.4 Å². The molecule has 1 aromatic carbocycles. The van der Waals surface area contributed by atoms with Crippen LogP contribution in [0.25, 0.3) is 0 Å². The molecule has 3 rings (SSSR count). The zero-order chi connectivity index (χ0) is 26.8. The summed E-state index contributed by atoms with van der Waals surface area (Å²) >= 11 is 6.16. The summed E-state index contributed by atoms with van der Waals surface area (Å²) in [5.74, 6) is -1.81. The molecule has 2 aliphatic heterocycles. The standard InChI is InChI=1S/C28H43ClFNO6/c1-5-7-9-11-15-33-18-22(34-16-12-10-8-6-2)24-23(25-27(35-24)37-28(3,4)36-25)31-26(32)20-14-13-19(30)17-21(20)29/h13-14,17,22-25,27H,5-12,15-16,18H2,1-4H3,(H,31,32)/t22-,23+,24-,25-,27-/m1/s1. The molecule has 9 heteroatoms. The molecule has 0 saturated carbocycles. The maximum absolute atomic E-state index is 13.6. The Morgan fingerprint density at radius 2 is 1.78 bits per heavy atom. The van der Waals surface area contributed by atoms with Gasteiger partial charge in [0.2, 0.25) is 0 Å². The Labute approximate surface area is 225 Å². The lowest BCUT2D eigenvalue weighted by Crippen LogP contribution is -2.53. The minimum absolute atomic E-state index is 0.0348. The summed E-state index contributed by atoms with van der Waals surface area (Å²) in [6.07, 6.45) is 6.57. The zero-order valence-corrected chi connectivity index (χ0v) is 23.4. The van der Waals surface area contributed by atoms with E-state index in [2.05, 4.69) is 19.2 Å². The van der Waals surface area contributed by atoms with Crippen molar-refractivity contribution in [1.82, 2.24) is 5.32 Å². The van der Waals surface area contributed by atoms with Gasteiger partial charge in [0, 0.05) is 13.2 Å². The van der Waals surface area contributed by atoms with Gasteiger partial charge in [-0.15, -0.1) is 0 Å². The van der Waals surface area contributed by atoms with E-state index in [4.69, 9.17) is 35.3 Å². The fourth-order valence-corrected chi connectivity index (χ4v) is 5.00. The molecule has 2 heterocycles. The monoisotopic (exact) mass is 543 g/mol. The highest BCUT2D eigenvalue weighted by Crippen LogP contribution is 2.39. The smallest absolute Gasteiger partial charge is 0.253 e. The van der Waals surface area contributed by atoms with E-state index in [0.29, 0.717) is 19.8 Å². The largest absolute Gasteiger partial charge is 0.379 e. The molecule has 0 bridgehead atoms. The molecule has 1 N–H and O–H groups in total. The van der Waals surface area contributed by atoms with Crippen LogP contribution in [0.3, 0.4) is 0 Å². The Hall–Kier alpha value is -1.29. The van der Waals surface area contributed by atoms with Crippen molar-refractivity contribution in [3.05, 3.63) is 34.6 Å². The first-order valence-electron chi connectivity index (χ1n) is 13.7. The maximum atomic E-state index is 13.6. The highest BCUT2D eigenvalue weighted by atomic mass is 35.5. The van der Waals surface area contributed by atoms with Gasteiger partial charge in [-0.1, -0.05) is 64.0 Å². The summed E-state index contributed by atoms with van der Waals surface area (Å²) in [4.78, 5) is 13.2. The van der Waals surface area contributed by atoms with Gasteiger partial charge < -0.3 is 29.0 Å². The summed E-state index contributed by atoms with van der Waals surface area (Å²) in [5, 5.41) is 3.05. The van der Waals surface area contributed by atoms with E-state index in [0.717, 1.165) is 51.0 Å². The number of ether oxygens (including phenoxy) is 5. The van der Waals surface area contributed by atoms with Crippen molar-refractivity contribution in [2.24, 2.45) is 0 Å². The summed E-state index contributed by atoms with van der Waals surface area (Å²) in [6, 6.07) is 3.12. The van der Waals surface area contributed by atoms with Gasteiger partial charge in [0.25, 0.3) is 5.91 Å². The fourth-order valence-electron chi connectivity index (χ4n) is 4.75. The second-order valence-electron chi connectivity index (χ2n) is 10.3. The van der Waals surface area contributed by atoms with Crippen LogP contribution in [0, 0.1) is 5.82 Å². The Morgan fingerprint density at radius 3 is 2.46 bits per heavy atom. The summed E-state index contributed by atoms with van der Waals surface area (Å²) in [5.41, 5.74) is 0.174. The first-order valence-corrected chi connectivity index (χ1v) is 14.1. The van der Waals surface area contributed by atoms with E-state index >= 15 is 0 Å². The van der Waals surface area contributed by atoms with Gasteiger partial charge in [0.15, 0.2) is 12.1 Å². The molecular formula is C28H43ClFNO6. The Bertz CT molecular complexity index is 856. The molecule has 0 radical (unpaired) electrons. The van der Waals surface area contributed by atoms with E-state index in [9.17, 15) is 9.18 Å². The first-order chi connectivity index (χ1) is 17.8. The number of hydrogen-bond acceptors (Lipinski definition) is 6. The summed E-state index contributed by atoms with van der Waals surface area (Å²) in [7, 11) is 0. The van der Waals surface area contributed by atoms with Crippen LogP contribution in [0.5, 0.6) is 0 Å². The Morgan fingerprint density at radius 1 is 1.08 bits per heavy atom. The summed E-state index contributed by atoms with van der Waals surface area (Å²) in [6.45, 7) is 9.49. The molecule has 0 aliphatic carbocycles. The number of rotatable bonds is 16. The third-order valence-electron chi connectivity index (χ3n) is 6.68. The average molecular weight is 544 g/mol. The molecule has 1 amide bonds. The molecule has 5 atom stereocenters. The van der Waals surface area contributed by atoms with Gasteiger partial charge in [-0.25, -0.2) is 4.39 Å². The second kappa shape index (κ2) is 14.8. The van der Waals surface area contributed by atoms with E-state index < -0.39 is 48.2 Å². The molecular weight excluding hydrogens is 501 g/mol. The lowest BCUT2D eigenvalue weighted by Gasteiger charge is -2.31. The van der Waals surface area contributed by atoms with Crippen molar-refractivity contribution in [3.63, 3.8) is 0 Å². The number of unbranched alkanes of at least 4 members (excludes halogenated alkanes) is 6. The molecule has 210 valence electrons. The van der Waals surface area contributed by atoms with Gasteiger partial charge in [-0.05, 0) is 44.9 Å². The number of nitrogens with one attached hydrogen (secondary N) is 1. The Kier molecular flexibility index (Phi) is 12.1. The third-order valence-corrected chi connectivity index (χ3v) is 6.99. The van der Waals surface area contributed by atoms with Crippen molar-refractivity contribution >= 4 is 17.5 Å². The van der Waals surface area contributed by atoms with Gasteiger partial charge in [0.05, 0.1) is 23.2 Å². The predicted molar refractivity (Wildman–Crippen MR) is 140 cm³/mol. The van der Waals surface area contributed by atoms with Crippen molar-refractivity contribution in [3.8, 4) is 0 Å². The number of hydrogen-bond donors (Lipinski definition) is 1. The second-order valence-corrected chi connectivity index (χ2v) is 10.7. The van der Waals surface area contributed by atoms with Crippen LogP contribution in [0.15, 0.2) is 18.2 Å². The van der Waals surface area contributed by atoms with Crippen molar-refractivity contribution < 1.29 is 32.9 Å². The van der Waals surface area contributed by atoms with Crippen LogP contribution in [0.4, 0.5) is 4.39 Å². The van der Waals surface area contributed by atoms with Crippen LogP contribution >= 0.6 is 11.6 Å². The van der Waals surface area contributed by atoms with E-state index in [-0.39, 0.29) is 10.6 Å². The lowest BCUT2D eigenvalue weighted by atomic mass is 10.0. The molecule has 1 aromatic rings. The molecule has 2 aliphatic rings. The lowest BCUT2D eigenvalue weighted by molar-refractivity contribution is -0.223. The van der Waals surface area contributed by atoms with Crippen molar-refractivity contribution in [1.29, 1.82) is 0 Å². The topological polar surface area (TPSA) is 75.2 Å². The minimum atomic E-state index is -0.858. The highest BCUT2D eigenvalue weighted by molar-refractivity contribution is 6.33. The molecule has 2 fully saturated rings. The van der Waals surface area contributed by atoms with Crippen LogP contribution in [0.2, 0.25) is 5.02 Å². The number of amides is 1. The zero-order valence-electron chi connectivity index (χ0n) is 22.6. The molecule has 0 unspecified atom stereocenters. The van der Waals surface area contributed by atoms with Crippen LogP contribution in [-0.4, -0.2) is 62.2 Å². The van der Waals surface area contributed by atoms with Gasteiger partial charge in [-0.2, -0.15) is 0 Å². The number of halogens is 2. The number of benzene rings is 1. The minimum Gasteiger partial charge on any atom is -0.379 e. The van der Waals surface area contributed by atoms with E-state index in [1.807, 2.05) is 0 Å². The normalized spacial score (nSPS) is 25.2. The van der Waals surface area contributed by atoms with Crippen LogP contribution in [-0.2, 0) is 23.7 Å². The Balaban J connectivity index is 1.73. The predicted octanol–water partition coefficient (Wildman–Crippen LogP) is 6.02. The molecule has 2 saturated heterocycles. The molecule has 37 heavy (non-hydrogen) atoms. The van der Waals surface area contributed by atoms with Crippen molar-refractivity contribution in [2.45, 2.75) is 115 Å². The fraction of sp³-hybridized carbons (Fsp3) is 0.750. The van der Waals surface area contributed by atoms with Gasteiger partial charge >= 0.3 is 0 Å². The quantitative estimate of drug-likeness (QED) is 0.257. The number of fused-ring (bicyclic) bond motifs is 1. The third kappa shape index (κ3) is 8.87. The van der Waals surface area contributed by atoms with E-state index in [1.165, 1.54) is 18.6 Å². The number of carbonyl (C=O) groups excluding carboxylic acids is 1. The maximum Gasteiger partial charge on any atom is 0.253 e. The van der Waals surface area contributed by atoms with Crippen molar-refractivity contribution in [2.75, 3.05) is 19.8 Å². The summed E-state index contributed by atoms with van der Waals surface area (Å²) < 4.78 is 44.2. The van der Waals surface area contributed by atoms with E-state index in [1.54, 1.807) is 13.8 Å². The highest BCUT2D eigenvalue weighted by Gasteiger charge is 2.57. The SMILES string of the molecule is CCCCCCOC[C@@H](OCCCCCC)[C@H]1O[C@@H]2OC(C)(C)O[C@@H]2[C@H]1NC(=O)c1ccc(F)cc1Cl.